The van der Waals surface area contributed by atoms with E-state index < -0.39 is 0 Å². The van der Waals surface area contributed by atoms with Crippen molar-refractivity contribution in [3.63, 3.8) is 0 Å². The number of ether oxygens (including phenoxy) is 2. The number of nitrogens with zero attached hydrogens (tertiary/aromatic N) is 4. The molecule has 0 bridgehead atoms. The molecule has 1 N–H and O–H groups in total. The van der Waals surface area contributed by atoms with Gasteiger partial charge >= 0.3 is 5.69 Å². The fourth-order valence-electron chi connectivity index (χ4n) is 3.14. The molecule has 8 nitrogen and oxygen atoms in total. The minimum atomic E-state index is -0.344. The van der Waals surface area contributed by atoms with Gasteiger partial charge in [0.1, 0.15) is 30.0 Å². The topological polar surface area (TPSA) is 102 Å². The molecule has 146 valence electrons. The fourth-order valence-corrected chi connectivity index (χ4v) is 3.14. The summed E-state index contributed by atoms with van der Waals surface area (Å²) in [5.74, 6) is 2.01. The van der Waals surface area contributed by atoms with Gasteiger partial charge in [0.15, 0.2) is 0 Å². The van der Waals surface area contributed by atoms with Crippen molar-refractivity contribution in [2.24, 2.45) is 0 Å². The zero-order valence-corrected chi connectivity index (χ0v) is 16.0. The molecule has 1 aliphatic rings. The molecule has 0 radical (unpaired) electrons. The summed E-state index contributed by atoms with van der Waals surface area (Å²) in [5, 5.41) is 12.7. The summed E-state index contributed by atoms with van der Waals surface area (Å²) < 4.78 is 13.1. The van der Waals surface area contributed by atoms with Gasteiger partial charge in [-0.05, 0) is 37.6 Å². The first-order valence-corrected chi connectivity index (χ1v) is 9.16. The normalized spacial score (nSPS) is 14.6. The summed E-state index contributed by atoms with van der Waals surface area (Å²) >= 11 is 0. The number of hydrogen-bond acceptors (Lipinski definition) is 7. The van der Waals surface area contributed by atoms with Crippen molar-refractivity contribution in [1.29, 1.82) is 5.26 Å². The first-order chi connectivity index (χ1) is 14.0. The Balaban J connectivity index is 1.49. The average molecular weight is 389 g/mol. The molecule has 0 saturated heterocycles. The highest BCUT2D eigenvalue weighted by molar-refractivity contribution is 5.47. The van der Waals surface area contributed by atoms with E-state index in [4.69, 9.17) is 9.47 Å². The van der Waals surface area contributed by atoms with Gasteiger partial charge in [0.2, 0.25) is 5.88 Å². The third-order valence-corrected chi connectivity index (χ3v) is 4.49. The van der Waals surface area contributed by atoms with Gasteiger partial charge in [-0.1, -0.05) is 6.07 Å². The molecule has 0 saturated carbocycles. The Labute approximate surface area is 167 Å². The van der Waals surface area contributed by atoms with E-state index >= 15 is 0 Å². The van der Waals surface area contributed by atoms with Crippen LogP contribution in [0, 0.1) is 18.3 Å². The van der Waals surface area contributed by atoms with Crippen LogP contribution in [0.2, 0.25) is 0 Å². The predicted molar refractivity (Wildman–Crippen MR) is 106 cm³/mol. The average Bonchev–Trinajstić information content (AvgIpc) is 3.08. The molecular formula is C21H19N5O3. The Morgan fingerprint density at radius 1 is 1.31 bits per heavy atom. The molecule has 4 rings (SSSR count). The fraction of sp³-hybridized carbons (Fsp3) is 0.238. The van der Waals surface area contributed by atoms with Crippen molar-refractivity contribution in [2.75, 3.05) is 5.32 Å². The number of rotatable bonds is 5. The summed E-state index contributed by atoms with van der Waals surface area (Å²) in [6.45, 7) is 4.63. The first kappa shape index (κ1) is 18.5. The van der Waals surface area contributed by atoms with Crippen molar-refractivity contribution in [2.45, 2.75) is 33.0 Å². The van der Waals surface area contributed by atoms with Gasteiger partial charge in [0, 0.05) is 36.6 Å². The van der Waals surface area contributed by atoms with Crippen LogP contribution in [0.25, 0.3) is 0 Å². The number of hydrogen-bond donors (Lipinski definition) is 1. The number of aryl methyl sites for hydroxylation is 1. The largest absolute Gasteiger partial charge is 0.473 e. The van der Waals surface area contributed by atoms with E-state index in [1.807, 2.05) is 19.9 Å². The Morgan fingerprint density at radius 3 is 2.97 bits per heavy atom. The molecule has 1 aliphatic heterocycles. The SMILES string of the molecule is Cc1cc(Oc2ccc(COc3cc4n(c(=O)n3)C[C@@H](C)N4)cc2C#N)ccn1. The van der Waals surface area contributed by atoms with Crippen LogP contribution in [0.5, 0.6) is 17.4 Å². The third-order valence-electron chi connectivity index (χ3n) is 4.49. The van der Waals surface area contributed by atoms with Crippen molar-refractivity contribution < 1.29 is 9.47 Å². The predicted octanol–water partition coefficient (Wildman–Crippen LogP) is 3.00. The number of aromatic nitrogens is 3. The Bertz CT molecular complexity index is 1170. The van der Waals surface area contributed by atoms with Crippen LogP contribution in [-0.4, -0.2) is 20.6 Å². The molecule has 29 heavy (non-hydrogen) atoms. The number of nitriles is 1. The summed E-state index contributed by atoms with van der Waals surface area (Å²) in [4.78, 5) is 20.2. The smallest absolute Gasteiger partial charge is 0.352 e. The van der Waals surface area contributed by atoms with Gasteiger partial charge in [0.25, 0.3) is 0 Å². The number of pyridine rings is 1. The summed E-state index contributed by atoms with van der Waals surface area (Å²) in [6.07, 6.45) is 1.65. The molecule has 0 unspecified atom stereocenters. The Morgan fingerprint density at radius 2 is 2.17 bits per heavy atom. The standard InChI is InChI=1S/C21H19N5O3/c1-13-7-17(5-6-23-13)29-18-4-3-15(8-16(18)10-22)12-28-20-9-19-24-14(2)11-26(19)21(27)25-20/h3-9,14,24H,11-12H2,1-2H3/t14-/m1/s1. The van der Waals surface area contributed by atoms with Crippen molar-refractivity contribution in [3.8, 4) is 23.4 Å². The lowest BCUT2D eigenvalue weighted by molar-refractivity contribution is 0.291. The number of anilines is 1. The Kier molecular flexibility index (Phi) is 4.87. The molecule has 1 aromatic carbocycles. The highest BCUT2D eigenvalue weighted by Crippen LogP contribution is 2.27. The minimum absolute atomic E-state index is 0.175. The van der Waals surface area contributed by atoms with Gasteiger partial charge < -0.3 is 14.8 Å². The number of fused-ring (bicyclic) bond motifs is 1. The second-order valence-electron chi connectivity index (χ2n) is 6.88. The minimum Gasteiger partial charge on any atom is -0.473 e. The van der Waals surface area contributed by atoms with E-state index in [1.165, 1.54) is 0 Å². The van der Waals surface area contributed by atoms with E-state index in [0.717, 1.165) is 11.3 Å². The van der Waals surface area contributed by atoms with E-state index in [2.05, 4.69) is 21.4 Å². The van der Waals surface area contributed by atoms with E-state index in [9.17, 15) is 10.1 Å². The second kappa shape index (κ2) is 7.64. The molecule has 8 heteroatoms. The molecule has 0 fully saturated rings. The van der Waals surface area contributed by atoms with E-state index in [0.29, 0.717) is 29.4 Å². The monoisotopic (exact) mass is 389 g/mol. The van der Waals surface area contributed by atoms with Gasteiger partial charge in [0.05, 0.1) is 5.56 Å². The lowest BCUT2D eigenvalue weighted by Crippen LogP contribution is -2.22. The van der Waals surface area contributed by atoms with E-state index in [1.54, 1.807) is 41.1 Å². The van der Waals surface area contributed by atoms with Gasteiger partial charge in [-0.2, -0.15) is 10.2 Å². The van der Waals surface area contributed by atoms with Crippen LogP contribution in [0.15, 0.2) is 47.4 Å². The lowest BCUT2D eigenvalue weighted by Gasteiger charge is -2.11. The van der Waals surface area contributed by atoms with Crippen LogP contribution in [0.3, 0.4) is 0 Å². The third kappa shape index (κ3) is 4.04. The highest BCUT2D eigenvalue weighted by Gasteiger charge is 2.19. The zero-order valence-electron chi connectivity index (χ0n) is 16.0. The quantitative estimate of drug-likeness (QED) is 0.715. The van der Waals surface area contributed by atoms with Gasteiger partial charge in [-0.25, -0.2) is 4.79 Å². The maximum absolute atomic E-state index is 12.1. The number of nitrogens with one attached hydrogen (secondary N) is 1. The second-order valence-corrected chi connectivity index (χ2v) is 6.88. The molecule has 3 heterocycles. The summed E-state index contributed by atoms with van der Waals surface area (Å²) in [7, 11) is 0. The maximum atomic E-state index is 12.1. The van der Waals surface area contributed by atoms with Gasteiger partial charge in [-0.15, -0.1) is 0 Å². The summed E-state index contributed by atoms with van der Waals surface area (Å²) in [5.41, 5.74) is 1.64. The van der Waals surface area contributed by atoms with Crippen molar-refractivity contribution >= 4 is 5.82 Å². The van der Waals surface area contributed by atoms with Crippen LogP contribution >= 0.6 is 0 Å². The maximum Gasteiger partial charge on any atom is 0.352 e. The number of benzene rings is 1. The van der Waals surface area contributed by atoms with Crippen LogP contribution in [0.4, 0.5) is 5.82 Å². The van der Waals surface area contributed by atoms with E-state index in [-0.39, 0.29) is 24.2 Å². The molecular weight excluding hydrogens is 370 g/mol. The van der Waals surface area contributed by atoms with Crippen LogP contribution < -0.4 is 20.5 Å². The lowest BCUT2D eigenvalue weighted by atomic mass is 10.1. The zero-order chi connectivity index (χ0) is 20.4. The molecule has 0 spiro atoms. The summed E-state index contributed by atoms with van der Waals surface area (Å²) in [6, 6.07) is 12.8. The van der Waals surface area contributed by atoms with Crippen molar-refractivity contribution in [3.05, 3.63) is 69.9 Å². The van der Waals surface area contributed by atoms with Crippen LogP contribution in [0.1, 0.15) is 23.7 Å². The molecule has 0 aliphatic carbocycles. The Hall–Kier alpha value is -3.86. The molecule has 3 aromatic rings. The van der Waals surface area contributed by atoms with Crippen LogP contribution in [-0.2, 0) is 13.2 Å². The molecule has 2 aromatic heterocycles. The molecule has 0 amide bonds. The molecule has 1 atom stereocenters. The van der Waals surface area contributed by atoms with Gasteiger partial charge in [-0.3, -0.25) is 9.55 Å². The highest BCUT2D eigenvalue weighted by atomic mass is 16.5. The first-order valence-electron chi connectivity index (χ1n) is 9.16. The van der Waals surface area contributed by atoms with Crippen molar-refractivity contribution in [1.82, 2.24) is 14.5 Å².